The summed E-state index contributed by atoms with van der Waals surface area (Å²) < 4.78 is 16.8. The number of amides is 1. The third-order valence-corrected chi connectivity index (χ3v) is 5.72. The zero-order chi connectivity index (χ0) is 21.7. The van der Waals surface area contributed by atoms with Gasteiger partial charge in [-0.15, -0.1) is 11.3 Å². The van der Waals surface area contributed by atoms with E-state index in [1.807, 2.05) is 11.4 Å². The maximum absolute atomic E-state index is 12.7. The lowest BCUT2D eigenvalue weighted by atomic mass is 10.0. The van der Waals surface area contributed by atoms with Crippen LogP contribution in [-0.4, -0.2) is 32.7 Å². The normalized spacial score (nSPS) is 10.4. The Morgan fingerprint density at radius 1 is 1.03 bits per heavy atom. The molecule has 1 aromatic heterocycles. The van der Waals surface area contributed by atoms with E-state index in [2.05, 4.69) is 21.2 Å². The highest BCUT2D eigenvalue weighted by molar-refractivity contribution is 9.10. The third-order valence-electron chi connectivity index (χ3n) is 4.30. The molecule has 3 aromatic rings. The number of anilines is 1. The minimum absolute atomic E-state index is 0.222. The second-order valence-corrected chi connectivity index (χ2v) is 7.90. The minimum Gasteiger partial charge on any atom is -0.493 e. The molecule has 6 nitrogen and oxygen atoms in total. The van der Waals surface area contributed by atoms with Gasteiger partial charge in [0.15, 0.2) is 11.5 Å². The van der Waals surface area contributed by atoms with Gasteiger partial charge in [-0.05, 0) is 48.9 Å². The Morgan fingerprint density at radius 2 is 1.73 bits per heavy atom. The first-order valence-corrected chi connectivity index (χ1v) is 10.7. The summed E-state index contributed by atoms with van der Waals surface area (Å²) in [6.07, 6.45) is 0. The standard InChI is InChI=1S/C22H20BrNO5S/c1-4-29-22(26)19-16(14-7-10-17(27-2)18(11-14)28-3)12-30-21(19)24-20(25)13-5-8-15(23)9-6-13/h5-12H,4H2,1-3H3,(H,24,25). The topological polar surface area (TPSA) is 73.9 Å². The molecule has 0 fully saturated rings. The predicted octanol–water partition coefficient (Wildman–Crippen LogP) is 5.62. The summed E-state index contributed by atoms with van der Waals surface area (Å²) in [6, 6.07) is 12.3. The van der Waals surface area contributed by atoms with Crippen molar-refractivity contribution in [2.24, 2.45) is 0 Å². The number of esters is 1. The van der Waals surface area contributed by atoms with E-state index in [9.17, 15) is 9.59 Å². The van der Waals surface area contributed by atoms with E-state index in [0.717, 1.165) is 10.0 Å². The minimum atomic E-state index is -0.505. The van der Waals surface area contributed by atoms with Gasteiger partial charge >= 0.3 is 5.97 Å². The number of thiophene rings is 1. The zero-order valence-electron chi connectivity index (χ0n) is 16.7. The summed E-state index contributed by atoms with van der Waals surface area (Å²) in [5.74, 6) is 0.304. The first-order valence-electron chi connectivity index (χ1n) is 9.06. The molecule has 3 rings (SSSR count). The largest absolute Gasteiger partial charge is 0.493 e. The molecule has 0 radical (unpaired) electrons. The number of rotatable bonds is 7. The molecule has 156 valence electrons. The van der Waals surface area contributed by atoms with Gasteiger partial charge in [-0.2, -0.15) is 0 Å². The molecular formula is C22H20BrNO5S. The summed E-state index contributed by atoms with van der Waals surface area (Å²) in [4.78, 5) is 25.4. The van der Waals surface area contributed by atoms with Crippen LogP contribution in [0.1, 0.15) is 27.6 Å². The van der Waals surface area contributed by atoms with E-state index >= 15 is 0 Å². The Balaban J connectivity index is 2.01. The maximum Gasteiger partial charge on any atom is 0.341 e. The van der Waals surface area contributed by atoms with Gasteiger partial charge in [0.05, 0.1) is 20.8 Å². The van der Waals surface area contributed by atoms with Gasteiger partial charge in [0.25, 0.3) is 5.91 Å². The molecule has 2 aromatic carbocycles. The fraction of sp³-hybridized carbons (Fsp3) is 0.182. The molecule has 8 heteroatoms. The Bertz CT molecular complexity index is 1060. The molecule has 0 atom stereocenters. The first kappa shape index (κ1) is 21.9. The van der Waals surface area contributed by atoms with Crippen LogP contribution in [0, 0.1) is 0 Å². The molecule has 0 unspecified atom stereocenters. The van der Waals surface area contributed by atoms with Crippen molar-refractivity contribution in [3.05, 3.63) is 63.4 Å². The average molecular weight is 490 g/mol. The first-order chi connectivity index (χ1) is 14.5. The zero-order valence-corrected chi connectivity index (χ0v) is 19.1. The van der Waals surface area contributed by atoms with Crippen LogP contribution in [0.2, 0.25) is 0 Å². The number of carbonyl (C=O) groups is 2. The smallest absolute Gasteiger partial charge is 0.341 e. The lowest BCUT2D eigenvalue weighted by Crippen LogP contribution is -2.14. The van der Waals surface area contributed by atoms with Crippen molar-refractivity contribution in [1.29, 1.82) is 0 Å². The summed E-state index contributed by atoms with van der Waals surface area (Å²) in [7, 11) is 3.10. The number of ether oxygens (including phenoxy) is 3. The number of hydrogen-bond donors (Lipinski definition) is 1. The van der Waals surface area contributed by atoms with Crippen molar-refractivity contribution in [1.82, 2.24) is 0 Å². The SMILES string of the molecule is CCOC(=O)c1c(-c2ccc(OC)c(OC)c2)csc1NC(=O)c1ccc(Br)cc1. The Morgan fingerprint density at radius 3 is 2.37 bits per heavy atom. The highest BCUT2D eigenvalue weighted by Gasteiger charge is 2.24. The molecular weight excluding hydrogens is 470 g/mol. The quantitative estimate of drug-likeness (QED) is 0.435. The van der Waals surface area contributed by atoms with Gasteiger partial charge in [0.2, 0.25) is 0 Å². The van der Waals surface area contributed by atoms with Crippen molar-refractivity contribution < 1.29 is 23.8 Å². The lowest BCUT2D eigenvalue weighted by molar-refractivity contribution is 0.0529. The van der Waals surface area contributed by atoms with Gasteiger partial charge in [-0.25, -0.2) is 4.79 Å². The fourth-order valence-electron chi connectivity index (χ4n) is 2.85. The van der Waals surface area contributed by atoms with Crippen LogP contribution >= 0.6 is 27.3 Å². The summed E-state index contributed by atoms with van der Waals surface area (Å²) in [5, 5.41) is 5.07. The molecule has 1 N–H and O–H groups in total. The van der Waals surface area contributed by atoms with E-state index in [4.69, 9.17) is 14.2 Å². The van der Waals surface area contributed by atoms with Gasteiger partial charge in [-0.3, -0.25) is 4.79 Å². The number of halogens is 1. The third kappa shape index (κ3) is 4.66. The van der Waals surface area contributed by atoms with Crippen LogP contribution < -0.4 is 14.8 Å². The van der Waals surface area contributed by atoms with Crippen molar-refractivity contribution >= 4 is 44.1 Å². The van der Waals surface area contributed by atoms with E-state index in [1.54, 1.807) is 57.5 Å². The van der Waals surface area contributed by atoms with Crippen LogP contribution in [-0.2, 0) is 4.74 Å². The van der Waals surface area contributed by atoms with Crippen LogP contribution in [0.5, 0.6) is 11.5 Å². The van der Waals surface area contributed by atoms with E-state index < -0.39 is 5.97 Å². The summed E-state index contributed by atoms with van der Waals surface area (Å²) >= 11 is 4.61. The second-order valence-electron chi connectivity index (χ2n) is 6.10. The highest BCUT2D eigenvalue weighted by Crippen LogP contribution is 2.39. The molecule has 0 saturated carbocycles. The molecule has 1 heterocycles. The summed E-state index contributed by atoms with van der Waals surface area (Å²) in [6.45, 7) is 1.96. The Hall–Kier alpha value is -2.84. The van der Waals surface area contributed by atoms with Crippen molar-refractivity contribution in [2.45, 2.75) is 6.92 Å². The molecule has 1 amide bonds. The van der Waals surface area contributed by atoms with Gasteiger partial charge < -0.3 is 19.5 Å². The molecule has 0 spiro atoms. The fourth-order valence-corrected chi connectivity index (χ4v) is 4.07. The van der Waals surface area contributed by atoms with Gasteiger partial charge in [0.1, 0.15) is 10.6 Å². The number of carbonyl (C=O) groups excluding carboxylic acids is 2. The summed E-state index contributed by atoms with van der Waals surface area (Å²) in [5.41, 5.74) is 2.18. The lowest BCUT2D eigenvalue weighted by Gasteiger charge is -2.11. The van der Waals surface area contributed by atoms with Gasteiger partial charge in [0, 0.05) is 21.0 Å². The van der Waals surface area contributed by atoms with Crippen LogP contribution in [0.25, 0.3) is 11.1 Å². The Labute approximate surface area is 186 Å². The Kier molecular flexibility index (Phi) is 7.12. The number of hydrogen-bond acceptors (Lipinski definition) is 6. The number of nitrogens with one attached hydrogen (secondary N) is 1. The van der Waals surface area contributed by atoms with Crippen molar-refractivity contribution in [2.75, 3.05) is 26.1 Å². The second kappa shape index (κ2) is 9.77. The molecule has 30 heavy (non-hydrogen) atoms. The number of methoxy groups -OCH3 is 2. The average Bonchev–Trinajstić information content (AvgIpc) is 3.17. The van der Waals surface area contributed by atoms with Gasteiger partial charge in [-0.1, -0.05) is 22.0 Å². The molecule has 0 bridgehead atoms. The van der Waals surface area contributed by atoms with Crippen molar-refractivity contribution in [3.63, 3.8) is 0 Å². The van der Waals surface area contributed by atoms with E-state index in [-0.39, 0.29) is 12.5 Å². The molecule has 0 saturated heterocycles. The van der Waals surface area contributed by atoms with Crippen LogP contribution in [0.15, 0.2) is 52.3 Å². The predicted molar refractivity (Wildman–Crippen MR) is 121 cm³/mol. The molecule has 0 aliphatic rings. The van der Waals surface area contributed by atoms with Crippen LogP contribution in [0.4, 0.5) is 5.00 Å². The van der Waals surface area contributed by atoms with E-state index in [0.29, 0.717) is 33.2 Å². The monoisotopic (exact) mass is 489 g/mol. The van der Waals surface area contributed by atoms with Crippen molar-refractivity contribution in [3.8, 4) is 22.6 Å². The molecule has 0 aliphatic heterocycles. The van der Waals surface area contributed by atoms with Crippen LogP contribution in [0.3, 0.4) is 0 Å². The highest BCUT2D eigenvalue weighted by atomic mass is 79.9. The molecule has 0 aliphatic carbocycles. The van der Waals surface area contributed by atoms with E-state index in [1.165, 1.54) is 11.3 Å². The number of benzene rings is 2. The maximum atomic E-state index is 12.7.